The molecule has 0 saturated carbocycles. The van der Waals surface area contributed by atoms with Crippen LogP contribution in [-0.4, -0.2) is 26.1 Å². The van der Waals surface area contributed by atoms with Gasteiger partial charge in [0, 0.05) is 22.0 Å². The molecule has 0 fully saturated rings. The van der Waals surface area contributed by atoms with Gasteiger partial charge >= 0.3 is 0 Å². The number of rotatable bonds is 5. The van der Waals surface area contributed by atoms with E-state index in [9.17, 15) is 4.79 Å². The fourth-order valence-electron chi connectivity index (χ4n) is 2.09. The van der Waals surface area contributed by atoms with Crippen molar-refractivity contribution in [2.45, 2.75) is 17.3 Å². The van der Waals surface area contributed by atoms with E-state index in [0.717, 1.165) is 17.3 Å². The van der Waals surface area contributed by atoms with Crippen LogP contribution in [0.3, 0.4) is 0 Å². The SMILES string of the molecule is CC(Sc1nc(N)cc(N)n1)C(=O)Nc1nc(-c2ccc(Cl)cc2Cl)cs1. The molecule has 2 heterocycles. The summed E-state index contributed by atoms with van der Waals surface area (Å²) in [6.07, 6.45) is 0. The highest BCUT2D eigenvalue weighted by molar-refractivity contribution is 8.00. The number of thiazole rings is 1. The number of nitrogens with zero attached hydrogens (tertiary/aromatic N) is 3. The van der Waals surface area contributed by atoms with Crippen LogP contribution in [0.4, 0.5) is 16.8 Å². The predicted molar refractivity (Wildman–Crippen MR) is 112 cm³/mol. The fourth-order valence-corrected chi connectivity index (χ4v) is 4.10. The van der Waals surface area contributed by atoms with Crippen LogP contribution in [0.1, 0.15) is 6.92 Å². The second kappa shape index (κ2) is 8.30. The third-order valence-corrected chi connectivity index (χ3v) is 5.60. The van der Waals surface area contributed by atoms with Gasteiger partial charge in [-0.2, -0.15) is 0 Å². The highest BCUT2D eigenvalue weighted by atomic mass is 35.5. The lowest BCUT2D eigenvalue weighted by Crippen LogP contribution is -2.22. The van der Waals surface area contributed by atoms with Crippen LogP contribution in [0.15, 0.2) is 34.8 Å². The van der Waals surface area contributed by atoms with Crippen LogP contribution in [0.5, 0.6) is 0 Å². The quantitative estimate of drug-likeness (QED) is 0.401. The fraction of sp³-hybridized carbons (Fsp3) is 0.125. The maximum Gasteiger partial charge on any atom is 0.239 e. The third-order valence-electron chi connectivity index (χ3n) is 3.34. The Morgan fingerprint density at radius 3 is 2.56 bits per heavy atom. The summed E-state index contributed by atoms with van der Waals surface area (Å²) in [6, 6.07) is 6.61. The summed E-state index contributed by atoms with van der Waals surface area (Å²) in [5.74, 6) is 0.261. The first-order valence-electron chi connectivity index (χ1n) is 7.60. The van der Waals surface area contributed by atoms with Crippen LogP contribution < -0.4 is 16.8 Å². The van der Waals surface area contributed by atoms with Crippen molar-refractivity contribution in [2.24, 2.45) is 0 Å². The lowest BCUT2D eigenvalue weighted by Gasteiger charge is -2.10. The number of hydrogen-bond donors (Lipinski definition) is 3. The van der Waals surface area contributed by atoms with E-state index in [1.807, 2.05) is 5.38 Å². The molecule has 27 heavy (non-hydrogen) atoms. The van der Waals surface area contributed by atoms with Gasteiger partial charge in [0.1, 0.15) is 11.6 Å². The zero-order valence-corrected chi connectivity index (χ0v) is 17.1. The number of nitrogens with two attached hydrogens (primary N) is 2. The number of hydrogen-bond acceptors (Lipinski definition) is 8. The number of halogens is 2. The number of carbonyl (C=O) groups excluding carboxylic acids is 1. The van der Waals surface area contributed by atoms with Crippen LogP contribution in [0, 0.1) is 0 Å². The van der Waals surface area contributed by atoms with Crippen molar-refractivity contribution in [1.29, 1.82) is 0 Å². The summed E-state index contributed by atoms with van der Waals surface area (Å²) in [5.41, 5.74) is 12.7. The Morgan fingerprint density at radius 2 is 1.89 bits per heavy atom. The van der Waals surface area contributed by atoms with Gasteiger partial charge in [-0.05, 0) is 25.1 Å². The van der Waals surface area contributed by atoms with E-state index in [1.165, 1.54) is 17.4 Å². The zero-order chi connectivity index (χ0) is 19.6. The first-order valence-corrected chi connectivity index (χ1v) is 10.1. The molecular formula is C16H14Cl2N6OS2. The molecule has 140 valence electrons. The molecule has 0 radical (unpaired) electrons. The molecule has 7 nitrogen and oxygen atoms in total. The number of carbonyl (C=O) groups is 1. The monoisotopic (exact) mass is 440 g/mol. The first kappa shape index (κ1) is 19.7. The predicted octanol–water partition coefficient (Wildman–Crippen LogP) is 4.19. The third kappa shape index (κ3) is 5.01. The van der Waals surface area contributed by atoms with Gasteiger partial charge < -0.3 is 16.8 Å². The van der Waals surface area contributed by atoms with Crippen molar-refractivity contribution < 1.29 is 4.79 Å². The molecule has 0 aliphatic rings. The van der Waals surface area contributed by atoms with Crippen molar-refractivity contribution in [1.82, 2.24) is 15.0 Å². The summed E-state index contributed by atoms with van der Waals surface area (Å²) in [4.78, 5) is 24.9. The zero-order valence-electron chi connectivity index (χ0n) is 13.9. The van der Waals surface area contributed by atoms with E-state index in [2.05, 4.69) is 20.3 Å². The number of aromatic nitrogens is 3. The Labute approximate surface area is 173 Å². The minimum absolute atomic E-state index is 0.243. The van der Waals surface area contributed by atoms with Crippen LogP contribution in [-0.2, 0) is 4.79 Å². The molecule has 3 aromatic rings. The molecule has 0 aliphatic carbocycles. The van der Waals surface area contributed by atoms with Gasteiger partial charge in [0.15, 0.2) is 10.3 Å². The number of nitrogens with one attached hydrogen (secondary N) is 1. The van der Waals surface area contributed by atoms with Crippen LogP contribution in [0.25, 0.3) is 11.3 Å². The highest BCUT2D eigenvalue weighted by Crippen LogP contribution is 2.32. The van der Waals surface area contributed by atoms with E-state index in [1.54, 1.807) is 25.1 Å². The number of anilines is 3. The average Bonchev–Trinajstić information content (AvgIpc) is 3.01. The van der Waals surface area contributed by atoms with E-state index in [0.29, 0.717) is 26.0 Å². The summed E-state index contributed by atoms with van der Waals surface area (Å²) in [5, 5.41) is 5.94. The molecule has 3 rings (SSSR count). The molecule has 0 saturated heterocycles. The van der Waals surface area contributed by atoms with E-state index < -0.39 is 5.25 Å². The molecule has 1 amide bonds. The normalized spacial score (nSPS) is 12.0. The largest absolute Gasteiger partial charge is 0.383 e. The molecule has 2 aromatic heterocycles. The van der Waals surface area contributed by atoms with Gasteiger partial charge in [-0.1, -0.05) is 35.0 Å². The highest BCUT2D eigenvalue weighted by Gasteiger charge is 2.18. The lowest BCUT2D eigenvalue weighted by atomic mass is 10.2. The Kier molecular flexibility index (Phi) is 6.05. The Balaban J connectivity index is 1.68. The molecule has 0 aliphatic heterocycles. The molecule has 5 N–H and O–H groups in total. The summed E-state index contributed by atoms with van der Waals surface area (Å²) < 4.78 is 0. The van der Waals surface area contributed by atoms with Gasteiger partial charge in [0.25, 0.3) is 0 Å². The molecule has 0 spiro atoms. The van der Waals surface area contributed by atoms with Gasteiger partial charge in [-0.3, -0.25) is 4.79 Å². The van der Waals surface area contributed by atoms with Gasteiger partial charge in [0.05, 0.1) is 16.0 Å². The molecule has 11 heteroatoms. The average molecular weight is 441 g/mol. The summed E-state index contributed by atoms with van der Waals surface area (Å²) >= 11 is 14.6. The summed E-state index contributed by atoms with van der Waals surface area (Å²) in [6.45, 7) is 1.73. The Hall–Kier alpha value is -2.07. The first-order chi connectivity index (χ1) is 12.8. The molecule has 1 aromatic carbocycles. The number of nitrogen functional groups attached to an aromatic ring is 2. The van der Waals surface area contributed by atoms with Gasteiger partial charge in [-0.25, -0.2) is 15.0 Å². The molecule has 0 bridgehead atoms. The summed E-state index contributed by atoms with van der Waals surface area (Å²) in [7, 11) is 0. The van der Waals surface area contributed by atoms with Crippen LogP contribution in [0.2, 0.25) is 10.0 Å². The second-order valence-corrected chi connectivity index (χ2v) is 8.42. The number of amides is 1. The van der Waals surface area contributed by atoms with Crippen molar-refractivity contribution in [3.05, 3.63) is 39.7 Å². The van der Waals surface area contributed by atoms with Crippen molar-refractivity contribution in [2.75, 3.05) is 16.8 Å². The van der Waals surface area contributed by atoms with Crippen molar-refractivity contribution in [3.8, 4) is 11.3 Å². The van der Waals surface area contributed by atoms with Gasteiger partial charge in [-0.15, -0.1) is 11.3 Å². The Morgan fingerprint density at radius 1 is 1.19 bits per heavy atom. The number of benzene rings is 1. The van der Waals surface area contributed by atoms with E-state index in [-0.39, 0.29) is 17.5 Å². The van der Waals surface area contributed by atoms with Crippen molar-refractivity contribution >= 4 is 69.0 Å². The van der Waals surface area contributed by atoms with Crippen molar-refractivity contribution in [3.63, 3.8) is 0 Å². The minimum atomic E-state index is -0.474. The second-order valence-electron chi connectivity index (χ2n) is 5.41. The molecule has 1 atom stereocenters. The number of thioether (sulfide) groups is 1. The Bertz CT molecular complexity index is 977. The maximum atomic E-state index is 12.4. The minimum Gasteiger partial charge on any atom is -0.383 e. The topological polar surface area (TPSA) is 120 Å². The molecular weight excluding hydrogens is 427 g/mol. The van der Waals surface area contributed by atoms with E-state index in [4.69, 9.17) is 34.7 Å². The maximum absolute atomic E-state index is 12.4. The standard InChI is InChI=1S/C16H14Cl2N6OS2/c1-7(27-16-22-12(19)5-13(20)23-16)14(25)24-15-21-11(6-26-15)9-3-2-8(17)4-10(9)18/h2-7H,1H3,(H,21,24,25)(H4,19,20,22,23). The van der Waals surface area contributed by atoms with E-state index >= 15 is 0 Å². The lowest BCUT2D eigenvalue weighted by molar-refractivity contribution is -0.115. The smallest absolute Gasteiger partial charge is 0.239 e. The van der Waals surface area contributed by atoms with Gasteiger partial charge in [0.2, 0.25) is 5.91 Å². The molecule has 1 unspecified atom stereocenters. The van der Waals surface area contributed by atoms with Crippen LogP contribution >= 0.6 is 46.3 Å².